The quantitative estimate of drug-likeness (QED) is 0.911. The molecule has 6 heteroatoms. The van der Waals surface area contributed by atoms with Crippen molar-refractivity contribution in [1.29, 1.82) is 0 Å². The fourth-order valence-electron chi connectivity index (χ4n) is 1.93. The van der Waals surface area contributed by atoms with Crippen molar-refractivity contribution in [2.75, 3.05) is 14.2 Å². The first kappa shape index (κ1) is 15.9. The molecule has 0 aliphatic rings. The zero-order valence-corrected chi connectivity index (χ0v) is 12.9. The zero-order valence-electron chi connectivity index (χ0n) is 11.4. The Morgan fingerprint density at radius 2 is 1.71 bits per heavy atom. The van der Waals surface area contributed by atoms with Crippen LogP contribution in [0.3, 0.4) is 0 Å². The van der Waals surface area contributed by atoms with Crippen molar-refractivity contribution in [2.24, 2.45) is 0 Å². The third kappa shape index (κ3) is 3.23. The molecule has 0 aliphatic heterocycles. The van der Waals surface area contributed by atoms with Crippen molar-refractivity contribution in [3.8, 4) is 11.5 Å². The largest absolute Gasteiger partial charge is 0.497 e. The van der Waals surface area contributed by atoms with E-state index in [1.54, 1.807) is 6.07 Å². The Bertz CT molecular complexity index is 662. The lowest BCUT2D eigenvalue weighted by Gasteiger charge is -2.16. The van der Waals surface area contributed by atoms with E-state index in [9.17, 15) is 9.50 Å². The highest BCUT2D eigenvalue weighted by molar-refractivity contribution is 6.34. The zero-order chi connectivity index (χ0) is 15.6. The molecule has 0 fully saturated rings. The van der Waals surface area contributed by atoms with Crippen LogP contribution in [-0.4, -0.2) is 19.3 Å². The number of rotatable bonds is 4. The van der Waals surface area contributed by atoms with Gasteiger partial charge in [-0.2, -0.15) is 0 Å². The van der Waals surface area contributed by atoms with Crippen LogP contribution in [0.5, 0.6) is 11.5 Å². The van der Waals surface area contributed by atoms with E-state index in [1.165, 1.54) is 38.5 Å². The highest BCUT2D eigenvalue weighted by atomic mass is 35.5. The minimum atomic E-state index is -1.24. The molecule has 0 saturated heterocycles. The molecule has 0 spiro atoms. The summed E-state index contributed by atoms with van der Waals surface area (Å²) in [5.74, 6) is 0.153. The van der Waals surface area contributed by atoms with E-state index in [0.29, 0.717) is 17.1 Å². The molecule has 2 aromatic rings. The lowest BCUT2D eigenvalue weighted by atomic mass is 10.0. The van der Waals surface area contributed by atoms with E-state index in [4.69, 9.17) is 32.7 Å². The predicted octanol–water partition coefficient (Wildman–Crippen LogP) is 4.23. The molecule has 1 unspecified atom stereocenters. The molecule has 3 nitrogen and oxygen atoms in total. The van der Waals surface area contributed by atoms with Gasteiger partial charge in [0.2, 0.25) is 0 Å². The summed E-state index contributed by atoms with van der Waals surface area (Å²) >= 11 is 12.1. The first-order valence-electron chi connectivity index (χ1n) is 6.02. The Hall–Kier alpha value is -1.49. The van der Waals surface area contributed by atoms with Crippen molar-refractivity contribution < 1.29 is 19.0 Å². The Morgan fingerprint density at radius 1 is 1.00 bits per heavy atom. The number of hydrogen-bond donors (Lipinski definition) is 1. The molecule has 2 rings (SSSR count). The molecular formula is C15H13Cl2FO3. The summed E-state index contributed by atoms with van der Waals surface area (Å²) in [6.07, 6.45) is -1.24. The standard InChI is InChI=1S/C15H13Cl2FO3/c1-20-8-3-4-9(13(18)5-8)15(19)10-6-12(17)14(21-2)7-11(10)16/h3-7,15,19H,1-2H3. The maximum absolute atomic E-state index is 14.0. The summed E-state index contributed by atoms with van der Waals surface area (Å²) in [6, 6.07) is 7.12. The molecule has 0 aliphatic carbocycles. The molecule has 21 heavy (non-hydrogen) atoms. The summed E-state index contributed by atoms with van der Waals surface area (Å²) in [6.45, 7) is 0. The molecule has 0 radical (unpaired) electrons. The normalized spacial score (nSPS) is 12.1. The van der Waals surface area contributed by atoms with Crippen LogP contribution >= 0.6 is 23.2 Å². The first-order valence-corrected chi connectivity index (χ1v) is 6.78. The van der Waals surface area contributed by atoms with E-state index < -0.39 is 11.9 Å². The van der Waals surface area contributed by atoms with Gasteiger partial charge < -0.3 is 14.6 Å². The fourth-order valence-corrected chi connectivity index (χ4v) is 2.44. The molecule has 112 valence electrons. The molecule has 1 atom stereocenters. The van der Waals surface area contributed by atoms with Crippen molar-refractivity contribution in [3.63, 3.8) is 0 Å². The van der Waals surface area contributed by atoms with Gasteiger partial charge in [-0.3, -0.25) is 0 Å². The highest BCUT2D eigenvalue weighted by Crippen LogP contribution is 2.37. The Balaban J connectivity index is 2.45. The van der Waals surface area contributed by atoms with Crippen molar-refractivity contribution in [3.05, 3.63) is 57.3 Å². The topological polar surface area (TPSA) is 38.7 Å². The van der Waals surface area contributed by atoms with Crippen LogP contribution in [0.2, 0.25) is 10.0 Å². The number of ether oxygens (including phenoxy) is 2. The number of methoxy groups -OCH3 is 2. The summed E-state index contributed by atoms with van der Waals surface area (Å²) in [4.78, 5) is 0. The molecule has 0 amide bonds. The smallest absolute Gasteiger partial charge is 0.138 e. The SMILES string of the molecule is COc1ccc(C(O)c2cc(Cl)c(OC)cc2Cl)c(F)c1. The van der Waals surface area contributed by atoms with Crippen molar-refractivity contribution >= 4 is 23.2 Å². The van der Waals surface area contributed by atoms with Crippen LogP contribution in [0, 0.1) is 5.82 Å². The Morgan fingerprint density at radius 3 is 2.29 bits per heavy atom. The molecule has 0 aromatic heterocycles. The molecule has 1 N–H and O–H groups in total. The second kappa shape index (κ2) is 6.52. The van der Waals surface area contributed by atoms with Gasteiger partial charge in [0.05, 0.1) is 24.3 Å². The van der Waals surface area contributed by atoms with E-state index >= 15 is 0 Å². The number of aliphatic hydroxyl groups is 1. The summed E-state index contributed by atoms with van der Waals surface area (Å²) < 4.78 is 24.0. The Kier molecular flexibility index (Phi) is 4.93. The number of hydrogen-bond acceptors (Lipinski definition) is 3. The van der Waals surface area contributed by atoms with E-state index in [0.717, 1.165) is 0 Å². The van der Waals surface area contributed by atoms with Gasteiger partial charge in [-0.1, -0.05) is 23.2 Å². The van der Waals surface area contributed by atoms with E-state index in [1.807, 2.05) is 0 Å². The van der Waals surface area contributed by atoms with Gasteiger partial charge in [0, 0.05) is 23.3 Å². The van der Waals surface area contributed by atoms with Gasteiger partial charge in [0.25, 0.3) is 0 Å². The number of aliphatic hydroxyl groups excluding tert-OH is 1. The van der Waals surface area contributed by atoms with Gasteiger partial charge >= 0.3 is 0 Å². The molecule has 0 heterocycles. The Labute approximate surface area is 131 Å². The minimum Gasteiger partial charge on any atom is -0.497 e. The van der Waals surface area contributed by atoms with E-state index in [2.05, 4.69) is 0 Å². The van der Waals surface area contributed by atoms with E-state index in [-0.39, 0.29) is 15.6 Å². The van der Waals surface area contributed by atoms with Gasteiger partial charge in [0.1, 0.15) is 23.4 Å². The van der Waals surface area contributed by atoms with Crippen LogP contribution < -0.4 is 9.47 Å². The third-order valence-electron chi connectivity index (χ3n) is 3.07. The summed E-state index contributed by atoms with van der Waals surface area (Å²) in [7, 11) is 2.89. The minimum absolute atomic E-state index is 0.0823. The second-order valence-electron chi connectivity index (χ2n) is 4.30. The molecule has 2 aromatic carbocycles. The van der Waals surface area contributed by atoms with Gasteiger partial charge in [0.15, 0.2) is 0 Å². The monoisotopic (exact) mass is 330 g/mol. The molecule has 0 saturated carbocycles. The van der Waals surface area contributed by atoms with Crippen LogP contribution in [0.25, 0.3) is 0 Å². The molecular weight excluding hydrogens is 318 g/mol. The van der Waals surface area contributed by atoms with Crippen LogP contribution in [0.15, 0.2) is 30.3 Å². The van der Waals surface area contributed by atoms with Gasteiger partial charge in [-0.05, 0) is 18.2 Å². The van der Waals surface area contributed by atoms with Crippen molar-refractivity contribution in [1.82, 2.24) is 0 Å². The van der Waals surface area contributed by atoms with Gasteiger partial charge in [-0.25, -0.2) is 4.39 Å². The fraction of sp³-hybridized carbons (Fsp3) is 0.200. The lowest BCUT2D eigenvalue weighted by Crippen LogP contribution is -2.04. The number of halogens is 3. The maximum atomic E-state index is 14.0. The first-order chi connectivity index (χ1) is 9.97. The second-order valence-corrected chi connectivity index (χ2v) is 5.11. The van der Waals surface area contributed by atoms with Crippen LogP contribution in [0.1, 0.15) is 17.2 Å². The maximum Gasteiger partial charge on any atom is 0.138 e. The lowest BCUT2D eigenvalue weighted by molar-refractivity contribution is 0.214. The predicted molar refractivity (Wildman–Crippen MR) is 80.0 cm³/mol. The average molecular weight is 331 g/mol. The number of benzene rings is 2. The van der Waals surface area contributed by atoms with Crippen LogP contribution in [-0.2, 0) is 0 Å². The highest BCUT2D eigenvalue weighted by Gasteiger charge is 2.20. The summed E-state index contributed by atoms with van der Waals surface area (Å²) in [5, 5.41) is 10.9. The third-order valence-corrected chi connectivity index (χ3v) is 3.69. The summed E-state index contributed by atoms with van der Waals surface area (Å²) in [5.41, 5.74) is 0.380. The van der Waals surface area contributed by atoms with Crippen LogP contribution in [0.4, 0.5) is 4.39 Å². The molecule has 0 bridgehead atoms. The van der Waals surface area contributed by atoms with Gasteiger partial charge in [-0.15, -0.1) is 0 Å². The van der Waals surface area contributed by atoms with Crippen molar-refractivity contribution in [2.45, 2.75) is 6.10 Å². The average Bonchev–Trinajstić information content (AvgIpc) is 2.48.